The molecule has 1 rings (SSSR count). The normalized spacial score (nSPS) is 14.3. The van der Waals surface area contributed by atoms with Crippen LogP contribution in [0.25, 0.3) is 0 Å². The minimum absolute atomic E-state index is 0.0371. The van der Waals surface area contributed by atoms with E-state index in [1.54, 1.807) is 28.6 Å². The smallest absolute Gasteiger partial charge is 0.240 e. The van der Waals surface area contributed by atoms with E-state index in [1.807, 2.05) is 14.0 Å². The van der Waals surface area contributed by atoms with E-state index in [9.17, 15) is 24.0 Å². The van der Waals surface area contributed by atoms with Gasteiger partial charge in [0.05, 0.1) is 18.1 Å². The Morgan fingerprint density at radius 3 is 2.26 bits per heavy atom. The fourth-order valence-corrected chi connectivity index (χ4v) is 5.66. The quantitative estimate of drug-likeness (QED) is 0.0918. The zero-order chi connectivity index (χ0) is 28.4. The van der Waals surface area contributed by atoms with Gasteiger partial charge in [0.15, 0.2) is 5.78 Å². The molecule has 11 nitrogen and oxygen atoms in total. The fourth-order valence-electron chi connectivity index (χ4n) is 3.67. The molecule has 38 heavy (non-hydrogen) atoms. The van der Waals surface area contributed by atoms with E-state index < -0.39 is 11.6 Å². The highest BCUT2D eigenvalue weighted by Gasteiger charge is 2.51. The van der Waals surface area contributed by atoms with Crippen molar-refractivity contribution in [3.05, 3.63) is 0 Å². The molecule has 13 heteroatoms. The Balaban J connectivity index is 2.29. The molecule has 0 spiro atoms. The van der Waals surface area contributed by atoms with Crippen molar-refractivity contribution < 1.29 is 24.0 Å². The van der Waals surface area contributed by atoms with E-state index >= 15 is 0 Å². The second kappa shape index (κ2) is 19.3. The number of nitrogens with one attached hydrogen (secondary N) is 5. The lowest BCUT2D eigenvalue weighted by atomic mass is 10.0. The highest BCUT2D eigenvalue weighted by molar-refractivity contribution is 8.76. The number of rotatable bonds is 22. The lowest BCUT2D eigenvalue weighted by Crippen LogP contribution is -2.55. The number of Topliss-reactive ketones (excluding diaryl/α,β-unsaturated/α-hetero) is 1. The summed E-state index contributed by atoms with van der Waals surface area (Å²) in [4.78, 5) is 62.3. The molecule has 5 N–H and O–H groups in total. The van der Waals surface area contributed by atoms with Gasteiger partial charge in [-0.1, -0.05) is 34.9 Å². The van der Waals surface area contributed by atoms with Gasteiger partial charge in [-0.2, -0.15) is 0 Å². The SMILES string of the molecule is CCCC(NC1(C(=O)NCCNC)CC1)C(=O)CN(C)C(=O)CCNC(=O)CCCSSCCNC(C)=O. The fraction of sp³-hybridized carbons (Fsp3) is 0.800. The Morgan fingerprint density at radius 1 is 0.921 bits per heavy atom. The first-order chi connectivity index (χ1) is 18.1. The lowest BCUT2D eigenvalue weighted by Gasteiger charge is -2.26. The van der Waals surface area contributed by atoms with Gasteiger partial charge >= 0.3 is 0 Å². The number of amides is 4. The number of hydrogen-bond donors (Lipinski definition) is 5. The predicted octanol–water partition coefficient (Wildman–Crippen LogP) is 0.444. The van der Waals surface area contributed by atoms with Gasteiger partial charge in [0, 0.05) is 64.5 Å². The number of likely N-dealkylation sites (N-methyl/N-ethyl adjacent to an activating group) is 2. The first-order valence-electron chi connectivity index (χ1n) is 13.4. The summed E-state index contributed by atoms with van der Waals surface area (Å²) in [6.07, 6.45) is 3.98. The Kier molecular flexibility index (Phi) is 17.3. The summed E-state index contributed by atoms with van der Waals surface area (Å²) in [7, 11) is 6.73. The Bertz CT molecular complexity index is 781. The van der Waals surface area contributed by atoms with Crippen molar-refractivity contribution in [2.24, 2.45) is 0 Å². The van der Waals surface area contributed by atoms with Crippen molar-refractivity contribution in [3.8, 4) is 0 Å². The van der Waals surface area contributed by atoms with E-state index in [2.05, 4.69) is 26.6 Å². The topological polar surface area (TPSA) is 149 Å². The van der Waals surface area contributed by atoms with Gasteiger partial charge in [-0.25, -0.2) is 0 Å². The monoisotopic (exact) mass is 574 g/mol. The third-order valence-corrected chi connectivity index (χ3v) is 8.51. The number of carbonyl (C=O) groups is 5. The van der Waals surface area contributed by atoms with Crippen LogP contribution in [0.2, 0.25) is 0 Å². The van der Waals surface area contributed by atoms with E-state index in [-0.39, 0.29) is 48.9 Å². The highest BCUT2D eigenvalue weighted by atomic mass is 33.1. The van der Waals surface area contributed by atoms with Gasteiger partial charge in [0.2, 0.25) is 23.6 Å². The maximum absolute atomic E-state index is 13.0. The molecular weight excluding hydrogens is 528 g/mol. The molecule has 0 aliphatic heterocycles. The van der Waals surface area contributed by atoms with Crippen molar-refractivity contribution in [1.29, 1.82) is 0 Å². The van der Waals surface area contributed by atoms with Crippen LogP contribution in [-0.4, -0.2) is 104 Å². The van der Waals surface area contributed by atoms with Crippen molar-refractivity contribution >= 4 is 51.0 Å². The van der Waals surface area contributed by atoms with Crippen LogP contribution in [0.1, 0.15) is 58.8 Å². The molecular formula is C25H46N6O5S2. The van der Waals surface area contributed by atoms with Crippen LogP contribution in [0, 0.1) is 0 Å². The van der Waals surface area contributed by atoms with Crippen molar-refractivity contribution in [3.63, 3.8) is 0 Å². The van der Waals surface area contributed by atoms with Crippen molar-refractivity contribution in [2.75, 3.05) is 58.3 Å². The maximum Gasteiger partial charge on any atom is 0.240 e. The summed E-state index contributed by atoms with van der Waals surface area (Å²) in [6.45, 7) is 5.48. The van der Waals surface area contributed by atoms with Gasteiger partial charge in [-0.05, 0) is 32.7 Å². The predicted molar refractivity (Wildman–Crippen MR) is 154 cm³/mol. The van der Waals surface area contributed by atoms with Crippen molar-refractivity contribution in [2.45, 2.75) is 70.4 Å². The molecule has 1 aliphatic rings. The number of carbonyl (C=O) groups excluding carboxylic acids is 5. The van der Waals surface area contributed by atoms with Crippen LogP contribution >= 0.6 is 21.6 Å². The van der Waals surface area contributed by atoms with E-state index in [0.29, 0.717) is 45.3 Å². The summed E-state index contributed by atoms with van der Waals surface area (Å²) in [5, 5.41) is 14.7. The molecule has 0 aromatic heterocycles. The molecule has 1 aliphatic carbocycles. The molecule has 218 valence electrons. The molecule has 1 unspecified atom stereocenters. The van der Waals surface area contributed by atoms with Gasteiger partial charge in [-0.15, -0.1) is 0 Å². The Hall–Kier alpha value is -1.83. The van der Waals surface area contributed by atoms with Crippen LogP contribution in [-0.2, 0) is 24.0 Å². The first kappa shape index (κ1) is 34.2. The molecule has 0 radical (unpaired) electrons. The van der Waals surface area contributed by atoms with Crippen LogP contribution < -0.4 is 26.6 Å². The first-order valence-corrected chi connectivity index (χ1v) is 15.9. The molecule has 0 aromatic carbocycles. The summed E-state index contributed by atoms with van der Waals surface area (Å²) >= 11 is 0. The van der Waals surface area contributed by atoms with E-state index in [1.165, 1.54) is 11.8 Å². The average Bonchev–Trinajstić information content (AvgIpc) is 3.66. The standard InChI is InChI=1S/C25H46N6O5S2/c1-5-7-20(30-25(10-11-25)24(36)29-14-13-26-3)21(33)18-31(4)23(35)9-12-28-22(34)8-6-16-37-38-17-15-27-19(2)32/h20,26,30H,5-18H2,1-4H3,(H,27,32)(H,28,34)(H,29,36). The zero-order valence-corrected chi connectivity index (χ0v) is 24.9. The summed E-state index contributed by atoms with van der Waals surface area (Å²) in [5.41, 5.74) is -0.694. The third-order valence-electron chi connectivity index (χ3n) is 6.02. The molecule has 4 amide bonds. The van der Waals surface area contributed by atoms with Crippen LogP contribution in [0.4, 0.5) is 0 Å². The van der Waals surface area contributed by atoms with Gasteiger partial charge < -0.3 is 26.2 Å². The van der Waals surface area contributed by atoms with Crippen LogP contribution in [0.3, 0.4) is 0 Å². The Morgan fingerprint density at radius 2 is 1.63 bits per heavy atom. The van der Waals surface area contributed by atoms with Gasteiger partial charge in [0.25, 0.3) is 0 Å². The molecule has 0 bridgehead atoms. The highest BCUT2D eigenvalue weighted by Crippen LogP contribution is 2.36. The molecule has 0 saturated heterocycles. The maximum atomic E-state index is 13.0. The second-order valence-corrected chi connectivity index (χ2v) is 12.2. The van der Waals surface area contributed by atoms with Gasteiger partial charge in [0.1, 0.15) is 0 Å². The lowest BCUT2D eigenvalue weighted by molar-refractivity contribution is -0.135. The average molecular weight is 575 g/mol. The molecule has 1 atom stereocenters. The van der Waals surface area contributed by atoms with E-state index in [4.69, 9.17) is 0 Å². The van der Waals surface area contributed by atoms with Gasteiger partial charge in [-0.3, -0.25) is 29.3 Å². The third kappa shape index (κ3) is 14.4. The second-order valence-electron chi connectivity index (χ2n) is 9.47. The minimum Gasteiger partial charge on any atom is -0.356 e. The summed E-state index contributed by atoms with van der Waals surface area (Å²) in [5.74, 6) is 1.09. The Labute approximate surface area is 234 Å². The summed E-state index contributed by atoms with van der Waals surface area (Å²) in [6, 6.07) is -0.492. The number of nitrogens with zero attached hydrogens (tertiary/aromatic N) is 1. The van der Waals surface area contributed by atoms with Crippen LogP contribution in [0.5, 0.6) is 0 Å². The summed E-state index contributed by atoms with van der Waals surface area (Å²) < 4.78 is 0. The zero-order valence-electron chi connectivity index (χ0n) is 23.3. The largest absolute Gasteiger partial charge is 0.356 e. The number of ketones is 1. The molecule has 1 fully saturated rings. The minimum atomic E-state index is -0.694. The van der Waals surface area contributed by atoms with Crippen LogP contribution in [0.15, 0.2) is 0 Å². The van der Waals surface area contributed by atoms with Crippen molar-refractivity contribution in [1.82, 2.24) is 31.5 Å². The molecule has 0 heterocycles. The molecule has 0 aromatic rings. The van der Waals surface area contributed by atoms with E-state index in [0.717, 1.165) is 24.3 Å². The molecule has 1 saturated carbocycles. The number of hydrogen-bond acceptors (Lipinski definition) is 9.